The summed E-state index contributed by atoms with van der Waals surface area (Å²) in [7, 11) is 0. The zero-order valence-electron chi connectivity index (χ0n) is 7.28. The van der Waals surface area contributed by atoms with E-state index in [4.69, 9.17) is 10.8 Å². The van der Waals surface area contributed by atoms with Crippen LogP contribution in [-0.2, 0) is 16.8 Å². The largest absolute Gasteiger partial charge is 0.480 e. The number of carbonyl (C=O) groups is 1. The second kappa shape index (κ2) is 2.56. The monoisotopic (exact) mass is 197 g/mol. The molecule has 0 aromatic carbocycles. The number of hydrogen-bond acceptors (Lipinski definition) is 3. The molecule has 2 atom stereocenters. The fourth-order valence-corrected chi connectivity index (χ4v) is 3.04. The molecule has 0 fully saturated rings. The molecule has 70 valence electrons. The van der Waals surface area contributed by atoms with Crippen molar-refractivity contribution in [2.24, 2.45) is 11.7 Å². The number of carboxylic acids is 1. The summed E-state index contributed by atoms with van der Waals surface area (Å²) in [6, 6.07) is 1.97. The first-order valence-electron chi connectivity index (χ1n) is 4.16. The number of hydrogen-bond donors (Lipinski definition) is 2. The first-order chi connectivity index (χ1) is 6.06. The van der Waals surface area contributed by atoms with Crippen LogP contribution in [0.4, 0.5) is 0 Å². The van der Waals surface area contributed by atoms with Crippen LogP contribution >= 0.6 is 11.3 Å². The summed E-state index contributed by atoms with van der Waals surface area (Å²) >= 11 is 1.45. The van der Waals surface area contributed by atoms with Crippen molar-refractivity contribution < 1.29 is 9.90 Å². The second-order valence-electron chi connectivity index (χ2n) is 3.55. The standard InChI is InChI=1S/C9H11NO2S/c1-5-4-6-2-3-13-7(6)9(5,10)8(11)12/h2-3,5H,4,10H2,1H3,(H,11,12). The molecule has 2 rings (SSSR count). The third kappa shape index (κ3) is 0.957. The molecule has 13 heavy (non-hydrogen) atoms. The van der Waals surface area contributed by atoms with E-state index in [1.165, 1.54) is 11.3 Å². The number of nitrogens with two attached hydrogens (primary N) is 1. The maximum absolute atomic E-state index is 11.1. The highest BCUT2D eigenvalue weighted by atomic mass is 32.1. The summed E-state index contributed by atoms with van der Waals surface area (Å²) in [5.74, 6) is -0.923. The van der Waals surface area contributed by atoms with Crippen molar-refractivity contribution in [3.63, 3.8) is 0 Å². The first kappa shape index (κ1) is 8.72. The van der Waals surface area contributed by atoms with Crippen LogP contribution in [0.3, 0.4) is 0 Å². The Balaban J connectivity index is 2.56. The molecule has 0 aliphatic heterocycles. The van der Waals surface area contributed by atoms with Gasteiger partial charge in [0.15, 0.2) is 5.54 Å². The van der Waals surface area contributed by atoms with E-state index in [1.54, 1.807) is 0 Å². The van der Waals surface area contributed by atoms with Crippen molar-refractivity contribution in [3.8, 4) is 0 Å². The topological polar surface area (TPSA) is 63.3 Å². The molecule has 3 nitrogen and oxygen atoms in total. The van der Waals surface area contributed by atoms with Gasteiger partial charge in [0, 0.05) is 4.88 Å². The molecule has 2 unspecified atom stereocenters. The summed E-state index contributed by atoms with van der Waals surface area (Å²) in [6.45, 7) is 1.89. The summed E-state index contributed by atoms with van der Waals surface area (Å²) < 4.78 is 0. The third-order valence-electron chi connectivity index (χ3n) is 2.78. The maximum atomic E-state index is 11.1. The number of fused-ring (bicyclic) bond motifs is 1. The van der Waals surface area contributed by atoms with Crippen LogP contribution in [0.1, 0.15) is 17.4 Å². The van der Waals surface area contributed by atoms with E-state index in [2.05, 4.69) is 0 Å². The molecule has 1 aliphatic carbocycles. The van der Waals surface area contributed by atoms with E-state index in [9.17, 15) is 4.79 Å². The van der Waals surface area contributed by atoms with Gasteiger partial charge in [0.25, 0.3) is 0 Å². The molecule has 0 spiro atoms. The van der Waals surface area contributed by atoms with E-state index in [1.807, 2.05) is 18.4 Å². The van der Waals surface area contributed by atoms with Gasteiger partial charge in [-0.3, -0.25) is 0 Å². The average Bonchev–Trinajstić information content (AvgIpc) is 2.57. The van der Waals surface area contributed by atoms with Gasteiger partial charge in [-0.15, -0.1) is 11.3 Å². The molecule has 0 amide bonds. The van der Waals surface area contributed by atoms with Crippen molar-refractivity contribution in [2.75, 3.05) is 0 Å². The summed E-state index contributed by atoms with van der Waals surface area (Å²) in [6.07, 6.45) is 0.779. The minimum absolute atomic E-state index is 0.00699. The van der Waals surface area contributed by atoms with Crippen LogP contribution in [0.15, 0.2) is 11.4 Å². The van der Waals surface area contributed by atoms with Gasteiger partial charge >= 0.3 is 5.97 Å². The Morgan fingerprint density at radius 1 is 1.85 bits per heavy atom. The fraction of sp³-hybridized carbons (Fsp3) is 0.444. The molecule has 1 aromatic rings. The Hall–Kier alpha value is -0.870. The molecule has 0 saturated carbocycles. The number of thiophene rings is 1. The lowest BCUT2D eigenvalue weighted by atomic mass is 9.90. The van der Waals surface area contributed by atoms with E-state index in [0.717, 1.165) is 16.9 Å². The van der Waals surface area contributed by atoms with E-state index in [0.29, 0.717) is 0 Å². The summed E-state index contributed by atoms with van der Waals surface area (Å²) in [5.41, 5.74) is 5.86. The van der Waals surface area contributed by atoms with Gasteiger partial charge in [0.1, 0.15) is 0 Å². The molecule has 0 radical (unpaired) electrons. The van der Waals surface area contributed by atoms with Crippen molar-refractivity contribution in [2.45, 2.75) is 18.9 Å². The first-order valence-corrected chi connectivity index (χ1v) is 5.04. The lowest BCUT2D eigenvalue weighted by molar-refractivity contribution is -0.145. The second-order valence-corrected chi connectivity index (χ2v) is 4.47. The molecular weight excluding hydrogens is 186 g/mol. The van der Waals surface area contributed by atoms with Crippen LogP contribution in [0.2, 0.25) is 0 Å². The quantitative estimate of drug-likeness (QED) is 0.710. The molecule has 4 heteroatoms. The van der Waals surface area contributed by atoms with Gasteiger partial charge in [-0.25, -0.2) is 4.79 Å². The van der Waals surface area contributed by atoms with Crippen LogP contribution in [0, 0.1) is 5.92 Å². The van der Waals surface area contributed by atoms with Crippen molar-refractivity contribution in [1.82, 2.24) is 0 Å². The van der Waals surface area contributed by atoms with Gasteiger partial charge in [-0.05, 0) is 29.3 Å². The molecule has 1 aromatic heterocycles. The highest BCUT2D eigenvalue weighted by Crippen LogP contribution is 2.42. The fourth-order valence-electron chi connectivity index (χ4n) is 1.88. The van der Waals surface area contributed by atoms with Crippen molar-refractivity contribution in [3.05, 3.63) is 21.9 Å². The number of rotatable bonds is 1. The van der Waals surface area contributed by atoms with E-state index >= 15 is 0 Å². The predicted octanol–water partition coefficient (Wildman–Crippen LogP) is 1.18. The zero-order valence-corrected chi connectivity index (χ0v) is 8.10. The molecule has 1 aliphatic rings. The maximum Gasteiger partial charge on any atom is 0.329 e. The Morgan fingerprint density at radius 2 is 2.54 bits per heavy atom. The van der Waals surface area contributed by atoms with E-state index in [-0.39, 0.29) is 5.92 Å². The smallest absolute Gasteiger partial charge is 0.329 e. The number of aliphatic carboxylic acids is 1. The Morgan fingerprint density at radius 3 is 3.15 bits per heavy atom. The summed E-state index contributed by atoms with van der Waals surface area (Å²) in [4.78, 5) is 11.9. The van der Waals surface area contributed by atoms with Crippen LogP contribution in [0.5, 0.6) is 0 Å². The van der Waals surface area contributed by atoms with Gasteiger partial charge in [-0.2, -0.15) is 0 Å². The summed E-state index contributed by atoms with van der Waals surface area (Å²) in [5, 5.41) is 11.0. The zero-order chi connectivity index (χ0) is 9.64. The van der Waals surface area contributed by atoms with E-state index < -0.39 is 11.5 Å². The highest BCUT2D eigenvalue weighted by Gasteiger charge is 2.48. The third-order valence-corrected chi connectivity index (χ3v) is 3.89. The van der Waals surface area contributed by atoms with Gasteiger partial charge in [0.2, 0.25) is 0 Å². The van der Waals surface area contributed by atoms with Crippen molar-refractivity contribution in [1.29, 1.82) is 0 Å². The van der Waals surface area contributed by atoms with Crippen LogP contribution in [-0.4, -0.2) is 11.1 Å². The lowest BCUT2D eigenvalue weighted by Gasteiger charge is -2.23. The minimum Gasteiger partial charge on any atom is -0.480 e. The highest BCUT2D eigenvalue weighted by molar-refractivity contribution is 7.10. The molecule has 3 N–H and O–H groups in total. The Bertz CT molecular complexity index is 360. The lowest BCUT2D eigenvalue weighted by Crippen LogP contribution is -2.47. The molecule has 1 heterocycles. The van der Waals surface area contributed by atoms with Crippen molar-refractivity contribution >= 4 is 17.3 Å². The number of carboxylic acid groups (broad SMARTS) is 1. The Kier molecular flexibility index (Phi) is 1.72. The van der Waals surface area contributed by atoms with Crippen LogP contribution < -0.4 is 5.73 Å². The minimum atomic E-state index is -1.15. The molecule has 0 bridgehead atoms. The predicted molar refractivity (Wildman–Crippen MR) is 50.7 cm³/mol. The van der Waals surface area contributed by atoms with Gasteiger partial charge < -0.3 is 10.8 Å². The van der Waals surface area contributed by atoms with Gasteiger partial charge in [0.05, 0.1) is 0 Å². The normalized spacial score (nSPS) is 31.7. The van der Waals surface area contributed by atoms with Gasteiger partial charge in [-0.1, -0.05) is 6.92 Å². The average molecular weight is 197 g/mol. The Labute approximate surface area is 80.2 Å². The molecular formula is C9H11NO2S. The molecule has 0 saturated heterocycles. The SMILES string of the molecule is CC1Cc2ccsc2C1(N)C(=O)O. The van der Waals surface area contributed by atoms with Crippen LogP contribution in [0.25, 0.3) is 0 Å².